The first-order chi connectivity index (χ1) is 11.4. The first-order valence-corrected chi connectivity index (χ1v) is 9.76. The lowest BCUT2D eigenvalue weighted by molar-refractivity contribution is 0.207. The van der Waals surface area contributed by atoms with Gasteiger partial charge in [-0.05, 0) is 43.9 Å². The van der Waals surface area contributed by atoms with Crippen LogP contribution in [0.4, 0.5) is 10.5 Å². The van der Waals surface area contributed by atoms with E-state index in [0.29, 0.717) is 18.8 Å². The van der Waals surface area contributed by atoms with Gasteiger partial charge < -0.3 is 14.8 Å². The molecule has 5 nitrogen and oxygen atoms in total. The third-order valence-electron chi connectivity index (χ3n) is 4.51. The predicted molar refractivity (Wildman–Crippen MR) is 99.9 cm³/mol. The van der Waals surface area contributed by atoms with Crippen molar-refractivity contribution in [1.82, 2.24) is 9.47 Å². The number of aryl methyl sites for hydroxylation is 1. The molecule has 0 bridgehead atoms. The number of fused-ring (bicyclic) bond motifs is 1. The maximum absolute atomic E-state index is 12.6. The Morgan fingerprint density at radius 3 is 2.83 bits per heavy atom. The van der Waals surface area contributed by atoms with Gasteiger partial charge in [-0.25, -0.2) is 4.79 Å². The fourth-order valence-corrected chi connectivity index (χ4v) is 4.39. The van der Waals surface area contributed by atoms with E-state index in [9.17, 15) is 9.00 Å². The van der Waals surface area contributed by atoms with Crippen molar-refractivity contribution in [3.05, 3.63) is 30.5 Å². The van der Waals surface area contributed by atoms with Crippen LogP contribution in [0, 0.1) is 0 Å². The summed E-state index contributed by atoms with van der Waals surface area (Å²) in [5.41, 5.74) is 1.93. The van der Waals surface area contributed by atoms with E-state index < -0.39 is 10.8 Å². The summed E-state index contributed by atoms with van der Waals surface area (Å²) in [4.78, 5) is 14.3. The van der Waals surface area contributed by atoms with E-state index in [4.69, 9.17) is 0 Å². The van der Waals surface area contributed by atoms with Gasteiger partial charge in [-0.2, -0.15) is 0 Å². The van der Waals surface area contributed by atoms with Crippen molar-refractivity contribution >= 4 is 33.4 Å². The third kappa shape index (κ3) is 3.34. The van der Waals surface area contributed by atoms with Crippen molar-refractivity contribution in [2.24, 2.45) is 0 Å². The first kappa shape index (κ1) is 17.0. The summed E-state index contributed by atoms with van der Waals surface area (Å²) in [6, 6.07) is 7.97. The van der Waals surface area contributed by atoms with Crippen LogP contribution in [0.2, 0.25) is 0 Å². The van der Waals surface area contributed by atoms with E-state index in [1.54, 1.807) is 4.90 Å². The zero-order valence-corrected chi connectivity index (χ0v) is 15.4. The number of amides is 2. The topological polar surface area (TPSA) is 54.3 Å². The zero-order chi connectivity index (χ0) is 17.3. The molecule has 0 saturated carbocycles. The number of carbonyl (C=O) groups is 1. The lowest BCUT2D eigenvalue weighted by atomic mass is 10.2. The number of nitrogens with one attached hydrogen (secondary N) is 1. The minimum absolute atomic E-state index is 0.118. The minimum atomic E-state index is -0.878. The summed E-state index contributed by atoms with van der Waals surface area (Å²) in [6.45, 7) is 8.07. The molecule has 1 aromatic heterocycles. The van der Waals surface area contributed by atoms with E-state index in [1.807, 2.05) is 32.0 Å². The van der Waals surface area contributed by atoms with E-state index in [0.717, 1.165) is 24.2 Å². The van der Waals surface area contributed by atoms with Gasteiger partial charge in [-0.1, -0.05) is 13.0 Å². The maximum Gasteiger partial charge on any atom is 0.321 e. The number of benzene rings is 1. The minimum Gasteiger partial charge on any atom is -0.347 e. The van der Waals surface area contributed by atoms with Crippen LogP contribution in [0.5, 0.6) is 0 Å². The molecule has 1 saturated heterocycles. The number of hydrogen-bond acceptors (Lipinski definition) is 2. The van der Waals surface area contributed by atoms with Gasteiger partial charge in [0.25, 0.3) is 0 Å². The molecule has 24 heavy (non-hydrogen) atoms. The van der Waals surface area contributed by atoms with E-state index >= 15 is 0 Å². The van der Waals surface area contributed by atoms with Crippen molar-refractivity contribution in [3.63, 3.8) is 0 Å². The summed E-state index contributed by atoms with van der Waals surface area (Å²) in [5.74, 6) is 0.540. The molecule has 1 atom stereocenters. The molecule has 1 fully saturated rings. The molecule has 0 unspecified atom stereocenters. The highest BCUT2D eigenvalue weighted by Crippen LogP contribution is 2.23. The average molecular weight is 347 g/mol. The van der Waals surface area contributed by atoms with Gasteiger partial charge in [-0.3, -0.25) is 4.21 Å². The molecule has 6 heteroatoms. The fraction of sp³-hybridized carbons (Fsp3) is 0.500. The van der Waals surface area contributed by atoms with Crippen LogP contribution in [-0.4, -0.2) is 43.3 Å². The van der Waals surface area contributed by atoms with Crippen LogP contribution in [0.15, 0.2) is 30.5 Å². The second kappa shape index (κ2) is 6.59. The predicted octanol–water partition coefficient (Wildman–Crippen LogP) is 3.43. The van der Waals surface area contributed by atoms with Gasteiger partial charge in [-0.15, -0.1) is 0 Å². The Kier molecular flexibility index (Phi) is 4.67. The zero-order valence-electron chi connectivity index (χ0n) is 14.5. The third-order valence-corrected chi connectivity index (χ3v) is 6.43. The first-order valence-electron chi connectivity index (χ1n) is 8.44. The number of carbonyl (C=O) groups excluding carboxylic acids is 1. The van der Waals surface area contributed by atoms with Crippen molar-refractivity contribution in [2.75, 3.05) is 24.2 Å². The largest absolute Gasteiger partial charge is 0.347 e. The van der Waals surface area contributed by atoms with E-state index in [1.165, 1.54) is 5.39 Å². The maximum atomic E-state index is 12.6. The van der Waals surface area contributed by atoms with Crippen molar-refractivity contribution in [1.29, 1.82) is 0 Å². The van der Waals surface area contributed by atoms with Crippen LogP contribution in [0.3, 0.4) is 0 Å². The highest BCUT2D eigenvalue weighted by Gasteiger charge is 2.35. The van der Waals surface area contributed by atoms with E-state index in [-0.39, 0.29) is 10.8 Å². The quantitative estimate of drug-likeness (QED) is 0.925. The molecule has 1 aliphatic heterocycles. The molecule has 2 aromatic rings. The SMILES string of the molecule is CCCn1ccc2ccc(NC(=O)N3CC[S@@](=O)C(C)(C)C3)cc21. The fourth-order valence-electron chi connectivity index (χ4n) is 3.15. The number of anilines is 1. The lowest BCUT2D eigenvalue weighted by Gasteiger charge is -2.37. The van der Waals surface area contributed by atoms with Gasteiger partial charge in [0, 0.05) is 48.1 Å². The Bertz CT molecular complexity index is 782. The van der Waals surface area contributed by atoms with Crippen LogP contribution in [0.25, 0.3) is 10.9 Å². The normalized spacial score (nSPS) is 20.3. The molecule has 1 aromatic carbocycles. The summed E-state index contributed by atoms with van der Waals surface area (Å²) in [7, 11) is -0.878. The van der Waals surface area contributed by atoms with Gasteiger partial charge >= 0.3 is 6.03 Å². The molecule has 2 amide bonds. The van der Waals surface area contributed by atoms with Crippen LogP contribution >= 0.6 is 0 Å². The van der Waals surface area contributed by atoms with Gasteiger partial charge in [0.1, 0.15) is 0 Å². The summed E-state index contributed by atoms with van der Waals surface area (Å²) >= 11 is 0. The summed E-state index contributed by atoms with van der Waals surface area (Å²) in [6.07, 6.45) is 3.16. The number of aromatic nitrogens is 1. The Morgan fingerprint density at radius 1 is 1.33 bits per heavy atom. The lowest BCUT2D eigenvalue weighted by Crippen LogP contribution is -2.53. The molecule has 130 valence electrons. The Labute approximate surface area is 145 Å². The Morgan fingerprint density at radius 2 is 2.12 bits per heavy atom. The molecular weight excluding hydrogens is 322 g/mol. The number of nitrogens with zero attached hydrogens (tertiary/aromatic N) is 2. The Balaban J connectivity index is 1.75. The second-order valence-electron chi connectivity index (χ2n) is 6.94. The van der Waals surface area contributed by atoms with Crippen molar-refractivity contribution in [3.8, 4) is 0 Å². The van der Waals surface area contributed by atoms with Crippen LogP contribution in [-0.2, 0) is 17.3 Å². The molecule has 1 aliphatic rings. The number of urea groups is 1. The molecule has 2 heterocycles. The highest BCUT2D eigenvalue weighted by atomic mass is 32.2. The molecular formula is C18H25N3O2S. The molecule has 0 spiro atoms. The summed E-state index contributed by atoms with van der Waals surface area (Å²) in [5, 5.41) is 4.17. The summed E-state index contributed by atoms with van der Waals surface area (Å²) < 4.78 is 13.9. The monoisotopic (exact) mass is 347 g/mol. The Hall–Kier alpha value is -1.82. The molecule has 1 N–H and O–H groups in total. The van der Waals surface area contributed by atoms with Gasteiger partial charge in [0.15, 0.2) is 0 Å². The van der Waals surface area contributed by atoms with Crippen molar-refractivity contribution in [2.45, 2.75) is 38.5 Å². The standard InChI is InChI=1S/C18H25N3O2S/c1-4-8-20-9-7-14-5-6-15(12-16(14)20)19-17(22)21-10-11-24(23)18(2,3)13-21/h5-7,9,12H,4,8,10-11,13H2,1-3H3,(H,19,22)/t24-/m1/s1. The van der Waals surface area contributed by atoms with Gasteiger partial charge in [0.05, 0.1) is 10.3 Å². The van der Waals surface area contributed by atoms with E-state index in [2.05, 4.69) is 29.1 Å². The second-order valence-corrected chi connectivity index (χ2v) is 9.15. The van der Waals surface area contributed by atoms with Crippen LogP contribution < -0.4 is 5.32 Å². The van der Waals surface area contributed by atoms with Gasteiger partial charge in [0.2, 0.25) is 0 Å². The molecule has 0 aliphatic carbocycles. The molecule has 3 rings (SSSR count). The van der Waals surface area contributed by atoms with Crippen LogP contribution in [0.1, 0.15) is 27.2 Å². The highest BCUT2D eigenvalue weighted by molar-refractivity contribution is 7.86. The molecule has 0 radical (unpaired) electrons. The average Bonchev–Trinajstić information content (AvgIpc) is 2.93. The number of rotatable bonds is 3. The van der Waals surface area contributed by atoms with Crippen molar-refractivity contribution < 1.29 is 9.00 Å². The number of hydrogen-bond donors (Lipinski definition) is 1. The smallest absolute Gasteiger partial charge is 0.321 e.